The first kappa shape index (κ1) is 13.5. The van der Waals surface area contributed by atoms with Crippen LogP contribution in [-0.2, 0) is 6.54 Å². The molecule has 0 spiro atoms. The molecular weight excluding hydrogens is 238 g/mol. The van der Waals surface area contributed by atoms with Crippen LogP contribution in [0.1, 0.15) is 25.3 Å². The van der Waals surface area contributed by atoms with Gasteiger partial charge in [0.25, 0.3) is 0 Å². The Morgan fingerprint density at radius 2 is 2.38 bits per heavy atom. The van der Waals surface area contributed by atoms with Crippen molar-refractivity contribution in [2.24, 2.45) is 11.7 Å². The third-order valence-electron chi connectivity index (χ3n) is 2.14. The molecule has 0 aliphatic rings. The summed E-state index contributed by atoms with van der Waals surface area (Å²) in [5.41, 5.74) is 5.54. The molecule has 16 heavy (non-hydrogen) atoms. The van der Waals surface area contributed by atoms with Crippen LogP contribution in [0.3, 0.4) is 0 Å². The number of aromatic nitrogens is 1. The number of thiocarbonyl (C=S) groups is 1. The highest BCUT2D eigenvalue weighted by molar-refractivity contribution is 7.80. The molecule has 0 aromatic carbocycles. The van der Waals surface area contributed by atoms with Gasteiger partial charge in [-0.3, -0.25) is 4.90 Å². The van der Waals surface area contributed by atoms with Crippen LogP contribution in [0.4, 0.5) is 0 Å². The summed E-state index contributed by atoms with van der Waals surface area (Å²) < 4.78 is 0. The highest BCUT2D eigenvalue weighted by Crippen LogP contribution is 2.10. The number of nitrogens with zero attached hydrogens (tertiary/aromatic N) is 2. The lowest BCUT2D eigenvalue weighted by Crippen LogP contribution is -2.30. The van der Waals surface area contributed by atoms with Gasteiger partial charge in [0.05, 0.1) is 11.5 Å². The second-order valence-electron chi connectivity index (χ2n) is 4.27. The third-order valence-corrected chi connectivity index (χ3v) is 3.11. The molecule has 0 saturated carbocycles. The van der Waals surface area contributed by atoms with E-state index in [1.54, 1.807) is 11.3 Å². The average Bonchev–Trinajstić information content (AvgIpc) is 2.66. The van der Waals surface area contributed by atoms with Crippen LogP contribution < -0.4 is 5.73 Å². The van der Waals surface area contributed by atoms with Gasteiger partial charge in [-0.25, -0.2) is 4.98 Å². The van der Waals surface area contributed by atoms with E-state index in [1.807, 2.05) is 11.6 Å². The van der Waals surface area contributed by atoms with Crippen molar-refractivity contribution in [3.05, 3.63) is 16.6 Å². The molecule has 1 heterocycles. The smallest absolute Gasteiger partial charge is 0.107 e. The van der Waals surface area contributed by atoms with Crippen molar-refractivity contribution < 1.29 is 0 Å². The van der Waals surface area contributed by atoms with Gasteiger partial charge in [0.1, 0.15) is 5.01 Å². The van der Waals surface area contributed by atoms with Gasteiger partial charge in [-0.2, -0.15) is 0 Å². The Kier molecular flexibility index (Phi) is 5.87. The predicted molar refractivity (Wildman–Crippen MR) is 73.6 cm³/mol. The summed E-state index contributed by atoms with van der Waals surface area (Å²) in [5, 5.41) is 3.17. The molecule has 0 aliphatic heterocycles. The van der Waals surface area contributed by atoms with Crippen molar-refractivity contribution >= 4 is 28.5 Å². The first-order chi connectivity index (χ1) is 7.58. The minimum atomic E-state index is 0.591. The van der Waals surface area contributed by atoms with Gasteiger partial charge in [-0.05, 0) is 5.92 Å². The Balaban J connectivity index is 2.46. The average molecular weight is 257 g/mol. The second-order valence-corrected chi connectivity index (χ2v) is 5.77. The first-order valence-electron chi connectivity index (χ1n) is 5.47. The van der Waals surface area contributed by atoms with Crippen molar-refractivity contribution in [3.63, 3.8) is 0 Å². The van der Waals surface area contributed by atoms with Crippen LogP contribution in [0.25, 0.3) is 0 Å². The number of rotatable bonds is 7. The van der Waals surface area contributed by atoms with Gasteiger partial charge in [0.2, 0.25) is 0 Å². The molecule has 0 amide bonds. The molecule has 0 radical (unpaired) electrons. The molecule has 1 aromatic heterocycles. The summed E-state index contributed by atoms with van der Waals surface area (Å²) in [7, 11) is 0. The third kappa shape index (κ3) is 5.53. The van der Waals surface area contributed by atoms with E-state index in [9.17, 15) is 0 Å². The van der Waals surface area contributed by atoms with E-state index >= 15 is 0 Å². The molecular formula is C11H19N3S2. The zero-order chi connectivity index (χ0) is 12.0. The summed E-state index contributed by atoms with van der Waals surface area (Å²) in [6.07, 6.45) is 2.63. The fourth-order valence-corrected chi connectivity index (χ4v) is 2.29. The van der Waals surface area contributed by atoms with E-state index in [-0.39, 0.29) is 0 Å². The molecule has 1 aromatic rings. The Morgan fingerprint density at radius 1 is 1.62 bits per heavy atom. The van der Waals surface area contributed by atoms with E-state index < -0.39 is 0 Å². The zero-order valence-electron chi connectivity index (χ0n) is 9.85. The zero-order valence-corrected chi connectivity index (χ0v) is 11.5. The minimum absolute atomic E-state index is 0.591. The Hall–Kier alpha value is -0.520. The van der Waals surface area contributed by atoms with Crippen LogP contribution in [0.5, 0.6) is 0 Å². The molecule has 0 saturated heterocycles. The lowest BCUT2D eigenvalue weighted by molar-refractivity contribution is 0.242. The molecule has 0 bridgehead atoms. The van der Waals surface area contributed by atoms with Crippen LogP contribution in [-0.4, -0.2) is 28.0 Å². The van der Waals surface area contributed by atoms with Crippen molar-refractivity contribution in [3.8, 4) is 0 Å². The van der Waals surface area contributed by atoms with Gasteiger partial charge in [-0.1, -0.05) is 26.1 Å². The van der Waals surface area contributed by atoms with E-state index in [1.165, 1.54) is 0 Å². The number of nitrogens with two attached hydrogens (primary N) is 1. The summed E-state index contributed by atoms with van der Waals surface area (Å²) >= 11 is 6.61. The van der Waals surface area contributed by atoms with Gasteiger partial charge in [-0.15, -0.1) is 11.3 Å². The predicted octanol–water partition coefficient (Wildman–Crippen LogP) is 2.28. The Labute approximate surface area is 107 Å². The Bertz CT molecular complexity index is 309. The van der Waals surface area contributed by atoms with E-state index in [0.717, 1.165) is 31.1 Å². The highest BCUT2D eigenvalue weighted by atomic mass is 32.1. The van der Waals surface area contributed by atoms with Crippen LogP contribution in [0.2, 0.25) is 0 Å². The minimum Gasteiger partial charge on any atom is -0.393 e. The topological polar surface area (TPSA) is 42.1 Å². The summed E-state index contributed by atoms with van der Waals surface area (Å²) in [6, 6.07) is 0. The second kappa shape index (κ2) is 6.93. The first-order valence-corrected chi connectivity index (χ1v) is 6.75. The normalized spacial score (nSPS) is 11.2. The lowest BCUT2D eigenvalue weighted by atomic mass is 10.2. The quantitative estimate of drug-likeness (QED) is 0.761. The maximum atomic E-state index is 5.54. The van der Waals surface area contributed by atoms with Crippen LogP contribution in [0, 0.1) is 5.92 Å². The lowest BCUT2D eigenvalue weighted by Gasteiger charge is -2.22. The van der Waals surface area contributed by atoms with Crippen molar-refractivity contribution in [1.82, 2.24) is 9.88 Å². The Morgan fingerprint density at radius 3 is 2.88 bits per heavy atom. The van der Waals surface area contributed by atoms with Gasteiger partial charge in [0.15, 0.2) is 0 Å². The number of thiazole rings is 1. The highest BCUT2D eigenvalue weighted by Gasteiger charge is 2.09. The molecule has 0 fully saturated rings. The molecule has 5 heteroatoms. The van der Waals surface area contributed by atoms with Crippen molar-refractivity contribution in [1.29, 1.82) is 0 Å². The van der Waals surface area contributed by atoms with E-state index in [4.69, 9.17) is 18.0 Å². The summed E-state index contributed by atoms with van der Waals surface area (Å²) in [6.45, 7) is 7.32. The number of hydrogen-bond donors (Lipinski definition) is 1. The molecule has 0 atom stereocenters. The van der Waals surface area contributed by atoms with Crippen molar-refractivity contribution in [2.45, 2.75) is 26.8 Å². The molecule has 0 unspecified atom stereocenters. The van der Waals surface area contributed by atoms with Crippen molar-refractivity contribution in [2.75, 3.05) is 13.1 Å². The van der Waals surface area contributed by atoms with Gasteiger partial charge < -0.3 is 5.73 Å². The molecule has 2 N–H and O–H groups in total. The van der Waals surface area contributed by atoms with E-state index in [0.29, 0.717) is 10.9 Å². The summed E-state index contributed by atoms with van der Waals surface area (Å²) in [4.78, 5) is 7.26. The number of hydrogen-bond acceptors (Lipinski definition) is 4. The van der Waals surface area contributed by atoms with E-state index in [2.05, 4.69) is 23.7 Å². The molecule has 0 aliphatic carbocycles. The fourth-order valence-electron chi connectivity index (χ4n) is 1.54. The monoisotopic (exact) mass is 257 g/mol. The molecule has 3 nitrogen and oxygen atoms in total. The maximum Gasteiger partial charge on any atom is 0.107 e. The van der Waals surface area contributed by atoms with Gasteiger partial charge >= 0.3 is 0 Å². The largest absolute Gasteiger partial charge is 0.393 e. The van der Waals surface area contributed by atoms with Crippen LogP contribution >= 0.6 is 23.6 Å². The standard InChI is InChI=1S/C11H19N3S2/c1-9(2)7-14(5-3-10(12)15)8-11-13-4-6-16-11/h4,6,9H,3,5,7-8H2,1-2H3,(H2,12,15). The fraction of sp³-hybridized carbons (Fsp3) is 0.636. The van der Waals surface area contributed by atoms with Crippen LogP contribution in [0.15, 0.2) is 11.6 Å². The van der Waals surface area contributed by atoms with Gasteiger partial charge in [0, 0.05) is 31.1 Å². The molecule has 1 rings (SSSR count). The molecule has 90 valence electrons. The SMILES string of the molecule is CC(C)CN(CCC(N)=S)Cc1nccs1. The maximum absolute atomic E-state index is 5.54. The summed E-state index contributed by atoms with van der Waals surface area (Å²) in [5.74, 6) is 0.645.